The Hall–Kier alpha value is -1.03. The van der Waals surface area contributed by atoms with E-state index in [4.69, 9.17) is 4.74 Å². The zero-order valence-corrected chi connectivity index (χ0v) is 11.1. The monoisotopic (exact) mass is 283 g/mol. The van der Waals surface area contributed by atoms with Crippen LogP contribution in [-0.2, 0) is 4.79 Å². The lowest BCUT2D eigenvalue weighted by Crippen LogP contribution is -2.17. The molecule has 0 fully saturated rings. The quantitative estimate of drug-likeness (QED) is 0.794. The third kappa shape index (κ3) is 1.94. The van der Waals surface area contributed by atoms with Crippen molar-refractivity contribution in [2.45, 2.75) is 33.3 Å². The molecule has 0 aliphatic carbocycles. The van der Waals surface area contributed by atoms with E-state index in [1.807, 2.05) is 26.8 Å². The molecule has 0 bridgehead atoms. The fourth-order valence-electron chi connectivity index (χ4n) is 1.88. The van der Waals surface area contributed by atoms with Crippen molar-refractivity contribution < 1.29 is 9.53 Å². The molecule has 0 saturated heterocycles. The molecule has 1 amide bonds. The standard InChI is InChI=1S/C12H14BrNO2/c1-6-4-9-12(8(3)11(6)13)14-10(15)5-7(2)16-9/h4,7H,5H2,1-3H3,(H,14,15). The summed E-state index contributed by atoms with van der Waals surface area (Å²) in [5.74, 6) is 0.765. The Morgan fingerprint density at radius 1 is 1.50 bits per heavy atom. The Kier molecular flexibility index (Phi) is 2.93. The van der Waals surface area contributed by atoms with Gasteiger partial charge in [-0.1, -0.05) is 15.9 Å². The van der Waals surface area contributed by atoms with E-state index >= 15 is 0 Å². The van der Waals surface area contributed by atoms with Crippen molar-refractivity contribution in [2.24, 2.45) is 0 Å². The van der Waals surface area contributed by atoms with E-state index in [9.17, 15) is 4.79 Å². The van der Waals surface area contributed by atoms with E-state index in [-0.39, 0.29) is 12.0 Å². The molecule has 0 radical (unpaired) electrons. The second-order valence-corrected chi connectivity index (χ2v) is 4.98. The van der Waals surface area contributed by atoms with Crippen molar-refractivity contribution in [1.82, 2.24) is 0 Å². The van der Waals surface area contributed by atoms with Gasteiger partial charge in [-0.15, -0.1) is 0 Å². The maximum atomic E-state index is 11.6. The second kappa shape index (κ2) is 4.09. The summed E-state index contributed by atoms with van der Waals surface area (Å²) in [5.41, 5.74) is 2.91. The molecule has 2 rings (SSSR count). The van der Waals surface area contributed by atoms with Crippen molar-refractivity contribution in [3.05, 3.63) is 21.7 Å². The van der Waals surface area contributed by atoms with Crippen LogP contribution in [0.25, 0.3) is 0 Å². The number of nitrogens with one attached hydrogen (secondary N) is 1. The van der Waals surface area contributed by atoms with Crippen LogP contribution in [0.4, 0.5) is 5.69 Å². The third-order valence-corrected chi connectivity index (χ3v) is 3.93. The third-order valence-electron chi connectivity index (χ3n) is 2.71. The van der Waals surface area contributed by atoms with E-state index in [1.54, 1.807) is 0 Å². The molecule has 4 heteroatoms. The van der Waals surface area contributed by atoms with Gasteiger partial charge in [0.05, 0.1) is 12.1 Å². The number of aryl methyl sites for hydroxylation is 1. The number of fused-ring (bicyclic) bond motifs is 1. The molecule has 1 atom stereocenters. The summed E-state index contributed by atoms with van der Waals surface area (Å²) in [6.07, 6.45) is 0.311. The van der Waals surface area contributed by atoms with Crippen LogP contribution in [0, 0.1) is 13.8 Å². The highest BCUT2D eigenvalue weighted by Crippen LogP contribution is 2.38. The largest absolute Gasteiger partial charge is 0.488 e. The van der Waals surface area contributed by atoms with Gasteiger partial charge in [0.25, 0.3) is 0 Å². The summed E-state index contributed by atoms with van der Waals surface area (Å²) in [7, 11) is 0. The number of halogens is 1. The molecule has 1 aliphatic heterocycles. The van der Waals surface area contributed by atoms with Crippen molar-refractivity contribution in [3.63, 3.8) is 0 Å². The van der Waals surface area contributed by atoms with Gasteiger partial charge in [-0.05, 0) is 38.0 Å². The number of carbonyl (C=O) groups is 1. The number of benzene rings is 1. The molecule has 0 spiro atoms. The summed E-state index contributed by atoms with van der Waals surface area (Å²) >= 11 is 3.51. The summed E-state index contributed by atoms with van der Waals surface area (Å²) in [4.78, 5) is 11.6. The average molecular weight is 284 g/mol. The highest BCUT2D eigenvalue weighted by Gasteiger charge is 2.22. The fourth-order valence-corrected chi connectivity index (χ4v) is 2.19. The molecule has 1 heterocycles. The predicted molar refractivity (Wildman–Crippen MR) is 67.0 cm³/mol. The first-order valence-corrected chi connectivity index (χ1v) is 6.04. The summed E-state index contributed by atoms with van der Waals surface area (Å²) in [5, 5.41) is 2.90. The van der Waals surface area contributed by atoms with Gasteiger partial charge in [0.15, 0.2) is 0 Å². The molecule has 1 unspecified atom stereocenters. The first-order chi connectivity index (χ1) is 7.49. The van der Waals surface area contributed by atoms with Gasteiger partial charge in [-0.25, -0.2) is 0 Å². The average Bonchev–Trinajstić information content (AvgIpc) is 2.33. The first-order valence-electron chi connectivity index (χ1n) is 5.25. The maximum Gasteiger partial charge on any atom is 0.228 e. The molecule has 16 heavy (non-hydrogen) atoms. The second-order valence-electron chi connectivity index (χ2n) is 4.19. The van der Waals surface area contributed by atoms with Crippen molar-refractivity contribution in [2.75, 3.05) is 5.32 Å². The molecule has 1 aromatic carbocycles. The minimum atomic E-state index is -0.0822. The fraction of sp³-hybridized carbons (Fsp3) is 0.417. The molecule has 1 aromatic rings. The van der Waals surface area contributed by atoms with Crippen LogP contribution in [-0.4, -0.2) is 12.0 Å². The molecule has 86 valence electrons. The van der Waals surface area contributed by atoms with Gasteiger partial charge in [0.2, 0.25) is 5.91 Å². The van der Waals surface area contributed by atoms with Gasteiger partial charge >= 0.3 is 0 Å². The Labute approximate surface area is 103 Å². The molecular formula is C12H14BrNO2. The van der Waals surface area contributed by atoms with Gasteiger partial charge in [0, 0.05) is 4.47 Å². The smallest absolute Gasteiger partial charge is 0.228 e. The van der Waals surface area contributed by atoms with E-state index in [2.05, 4.69) is 21.2 Å². The lowest BCUT2D eigenvalue weighted by molar-refractivity contribution is -0.117. The first kappa shape index (κ1) is 11.5. The van der Waals surface area contributed by atoms with Crippen LogP contribution in [0.1, 0.15) is 24.5 Å². The Bertz CT molecular complexity index is 457. The highest BCUT2D eigenvalue weighted by molar-refractivity contribution is 9.10. The lowest BCUT2D eigenvalue weighted by Gasteiger charge is -2.15. The van der Waals surface area contributed by atoms with Gasteiger partial charge in [0.1, 0.15) is 11.9 Å². The summed E-state index contributed by atoms with van der Waals surface area (Å²) in [6.45, 7) is 5.88. The Balaban J connectivity index is 2.57. The molecule has 0 aromatic heterocycles. The Morgan fingerprint density at radius 2 is 2.19 bits per heavy atom. The van der Waals surface area contributed by atoms with Crippen LogP contribution < -0.4 is 10.1 Å². The van der Waals surface area contributed by atoms with E-state index in [0.29, 0.717) is 6.42 Å². The van der Waals surface area contributed by atoms with E-state index < -0.39 is 0 Å². The molecule has 0 saturated carbocycles. The van der Waals surface area contributed by atoms with Gasteiger partial charge in [-0.3, -0.25) is 4.79 Å². The van der Waals surface area contributed by atoms with Gasteiger partial charge < -0.3 is 10.1 Å². The van der Waals surface area contributed by atoms with Crippen LogP contribution in [0.15, 0.2) is 10.5 Å². The highest BCUT2D eigenvalue weighted by atomic mass is 79.9. The minimum Gasteiger partial charge on any atom is -0.488 e. The van der Waals surface area contributed by atoms with Crippen molar-refractivity contribution >= 4 is 27.5 Å². The molecular weight excluding hydrogens is 270 g/mol. The minimum absolute atomic E-state index is 0.00473. The van der Waals surface area contributed by atoms with Crippen LogP contribution in [0.5, 0.6) is 5.75 Å². The van der Waals surface area contributed by atoms with Crippen LogP contribution in [0.2, 0.25) is 0 Å². The topological polar surface area (TPSA) is 38.3 Å². The van der Waals surface area contributed by atoms with Crippen LogP contribution >= 0.6 is 15.9 Å². The Morgan fingerprint density at radius 3 is 2.88 bits per heavy atom. The van der Waals surface area contributed by atoms with E-state index in [1.165, 1.54) is 0 Å². The summed E-state index contributed by atoms with van der Waals surface area (Å²) in [6, 6.07) is 1.95. The number of hydrogen-bond acceptors (Lipinski definition) is 2. The maximum absolute atomic E-state index is 11.6. The number of amides is 1. The van der Waals surface area contributed by atoms with E-state index in [0.717, 1.165) is 27.0 Å². The molecule has 1 N–H and O–H groups in total. The predicted octanol–water partition coefficient (Wildman–Crippen LogP) is 3.18. The number of anilines is 1. The number of ether oxygens (including phenoxy) is 1. The number of hydrogen-bond donors (Lipinski definition) is 1. The number of carbonyl (C=O) groups excluding carboxylic acids is 1. The van der Waals surface area contributed by atoms with Crippen LogP contribution in [0.3, 0.4) is 0 Å². The van der Waals surface area contributed by atoms with Crippen molar-refractivity contribution in [1.29, 1.82) is 0 Å². The SMILES string of the molecule is Cc1cc2c(c(C)c1Br)NC(=O)CC(C)O2. The lowest BCUT2D eigenvalue weighted by atomic mass is 10.1. The zero-order chi connectivity index (χ0) is 11.9. The normalized spacial score (nSPS) is 19.5. The summed E-state index contributed by atoms with van der Waals surface area (Å²) < 4.78 is 6.76. The zero-order valence-electron chi connectivity index (χ0n) is 9.56. The number of rotatable bonds is 0. The molecule has 1 aliphatic rings. The molecule has 3 nitrogen and oxygen atoms in total. The van der Waals surface area contributed by atoms with Crippen molar-refractivity contribution in [3.8, 4) is 5.75 Å². The van der Waals surface area contributed by atoms with Gasteiger partial charge in [-0.2, -0.15) is 0 Å².